The number of ether oxygens (including phenoxy) is 2. The fourth-order valence-corrected chi connectivity index (χ4v) is 3.95. The maximum atomic E-state index is 5.71. The average Bonchev–Trinajstić information content (AvgIpc) is 2.95. The molecule has 1 fully saturated rings. The standard InChI is InChI=1S/C21H24N2O2/c1-24-18-8-16-10-22-11-17-13-23(12-15-6-4-3-5-7-15)14-19(17)21(16)20(9-18)25-2/h3-10,17,22H,11-14H2,1-2H3/t17-/m0/s1. The van der Waals surface area contributed by atoms with Crippen LogP contribution in [-0.2, 0) is 6.54 Å². The van der Waals surface area contributed by atoms with Gasteiger partial charge < -0.3 is 14.8 Å². The second kappa shape index (κ2) is 6.81. The summed E-state index contributed by atoms with van der Waals surface area (Å²) in [6.07, 6.45) is 2.09. The summed E-state index contributed by atoms with van der Waals surface area (Å²) >= 11 is 0. The molecule has 2 heterocycles. The molecule has 0 radical (unpaired) electrons. The van der Waals surface area contributed by atoms with E-state index in [-0.39, 0.29) is 0 Å². The van der Waals surface area contributed by atoms with Crippen LogP contribution in [-0.4, -0.2) is 38.8 Å². The number of rotatable bonds is 4. The third-order valence-electron chi connectivity index (χ3n) is 5.12. The molecule has 0 bridgehead atoms. The van der Waals surface area contributed by atoms with Gasteiger partial charge in [0, 0.05) is 54.8 Å². The van der Waals surface area contributed by atoms with E-state index in [0.717, 1.165) is 42.9 Å². The van der Waals surface area contributed by atoms with Crippen molar-refractivity contribution in [3.8, 4) is 11.5 Å². The Kier molecular flexibility index (Phi) is 4.36. The number of benzene rings is 2. The van der Waals surface area contributed by atoms with Gasteiger partial charge in [0.1, 0.15) is 11.5 Å². The van der Waals surface area contributed by atoms with E-state index in [2.05, 4.69) is 52.8 Å². The van der Waals surface area contributed by atoms with E-state index in [1.807, 2.05) is 6.07 Å². The summed E-state index contributed by atoms with van der Waals surface area (Å²) in [5.74, 6) is 2.23. The molecule has 0 amide bonds. The zero-order chi connectivity index (χ0) is 17.2. The summed E-state index contributed by atoms with van der Waals surface area (Å²) in [5, 5.41) is 5.86. The molecule has 2 aliphatic rings. The summed E-state index contributed by atoms with van der Waals surface area (Å²) in [6, 6.07) is 14.8. The van der Waals surface area contributed by atoms with Gasteiger partial charge in [-0.3, -0.25) is 4.90 Å². The van der Waals surface area contributed by atoms with Crippen LogP contribution >= 0.6 is 0 Å². The summed E-state index contributed by atoms with van der Waals surface area (Å²) in [5.41, 5.74) is 2.83. The number of nitrogens with zero attached hydrogens (tertiary/aromatic N) is 1. The first-order valence-corrected chi connectivity index (χ1v) is 8.73. The van der Waals surface area contributed by atoms with Gasteiger partial charge in [0.25, 0.3) is 0 Å². The molecule has 1 N–H and O–H groups in total. The van der Waals surface area contributed by atoms with Gasteiger partial charge in [-0.2, -0.15) is 0 Å². The van der Waals surface area contributed by atoms with Gasteiger partial charge in [0.2, 0.25) is 0 Å². The van der Waals surface area contributed by atoms with Crippen LogP contribution in [0.4, 0.5) is 0 Å². The van der Waals surface area contributed by atoms with Crippen LogP contribution < -0.4 is 25.2 Å². The topological polar surface area (TPSA) is 33.7 Å². The van der Waals surface area contributed by atoms with Crippen molar-refractivity contribution in [3.63, 3.8) is 0 Å². The zero-order valence-electron chi connectivity index (χ0n) is 14.8. The van der Waals surface area contributed by atoms with E-state index >= 15 is 0 Å². The third kappa shape index (κ3) is 3.10. The maximum Gasteiger partial charge on any atom is 0.130 e. The highest BCUT2D eigenvalue weighted by Crippen LogP contribution is 2.26. The Balaban J connectivity index is 1.76. The lowest BCUT2D eigenvalue weighted by molar-refractivity contribution is 0.317. The van der Waals surface area contributed by atoms with Crippen molar-refractivity contribution in [1.82, 2.24) is 10.2 Å². The smallest absolute Gasteiger partial charge is 0.130 e. The molecule has 4 rings (SSSR count). The predicted molar refractivity (Wildman–Crippen MR) is 99.9 cm³/mol. The second-order valence-corrected chi connectivity index (χ2v) is 6.72. The molecule has 4 heteroatoms. The monoisotopic (exact) mass is 336 g/mol. The van der Waals surface area contributed by atoms with Crippen molar-refractivity contribution in [2.45, 2.75) is 6.54 Å². The van der Waals surface area contributed by atoms with Crippen molar-refractivity contribution in [2.75, 3.05) is 33.9 Å². The molecule has 1 saturated heterocycles. The van der Waals surface area contributed by atoms with Crippen LogP contribution in [0.15, 0.2) is 42.5 Å². The number of hydrogen-bond acceptors (Lipinski definition) is 4. The van der Waals surface area contributed by atoms with E-state index in [1.165, 1.54) is 16.4 Å². The minimum Gasteiger partial charge on any atom is -0.497 e. The van der Waals surface area contributed by atoms with Crippen molar-refractivity contribution in [3.05, 3.63) is 58.5 Å². The lowest BCUT2D eigenvalue weighted by Gasteiger charge is -2.15. The lowest BCUT2D eigenvalue weighted by Crippen LogP contribution is -2.31. The first-order chi connectivity index (χ1) is 12.3. The number of likely N-dealkylation sites (tertiary alicyclic amines) is 1. The molecule has 2 aromatic carbocycles. The fourth-order valence-electron chi connectivity index (χ4n) is 3.95. The summed E-state index contributed by atoms with van der Waals surface area (Å²) in [7, 11) is 3.43. The van der Waals surface area contributed by atoms with Crippen molar-refractivity contribution < 1.29 is 9.47 Å². The van der Waals surface area contributed by atoms with Gasteiger partial charge in [0.15, 0.2) is 0 Å². The fraction of sp³-hybridized carbons (Fsp3) is 0.333. The zero-order valence-corrected chi connectivity index (χ0v) is 14.8. The van der Waals surface area contributed by atoms with Crippen LogP contribution in [0.3, 0.4) is 0 Å². The SMILES string of the molecule is COc1cc(OC)c2c(c1)=CNC[C@H]1CN(Cc3ccccc3)CC=21. The van der Waals surface area contributed by atoms with Gasteiger partial charge in [0.05, 0.1) is 14.2 Å². The van der Waals surface area contributed by atoms with Crippen molar-refractivity contribution in [1.29, 1.82) is 0 Å². The molecule has 2 aromatic rings. The predicted octanol–water partition coefficient (Wildman–Crippen LogP) is 1.33. The normalized spacial score (nSPS) is 19.3. The van der Waals surface area contributed by atoms with Gasteiger partial charge in [-0.15, -0.1) is 0 Å². The highest BCUT2D eigenvalue weighted by atomic mass is 16.5. The molecule has 0 spiro atoms. The molecule has 0 aromatic heterocycles. The molecule has 0 saturated carbocycles. The largest absolute Gasteiger partial charge is 0.497 e. The molecule has 25 heavy (non-hydrogen) atoms. The number of fused-ring (bicyclic) bond motifs is 2. The van der Waals surface area contributed by atoms with Crippen LogP contribution in [0.2, 0.25) is 0 Å². The molecule has 2 aliphatic heterocycles. The van der Waals surface area contributed by atoms with Crippen LogP contribution in [0, 0.1) is 5.92 Å². The summed E-state index contributed by atoms with van der Waals surface area (Å²) < 4.78 is 11.1. The Bertz CT molecular complexity index is 877. The Hall–Kier alpha value is -2.46. The van der Waals surface area contributed by atoms with E-state index in [1.54, 1.807) is 14.2 Å². The Labute approximate surface area is 148 Å². The number of methoxy groups -OCH3 is 2. The van der Waals surface area contributed by atoms with E-state index in [4.69, 9.17) is 9.47 Å². The molecule has 0 aliphatic carbocycles. The summed E-state index contributed by atoms with van der Waals surface area (Å²) in [4.78, 5) is 2.52. The average molecular weight is 336 g/mol. The first kappa shape index (κ1) is 16.0. The summed E-state index contributed by atoms with van der Waals surface area (Å²) in [6.45, 7) is 3.99. The Morgan fingerprint density at radius 3 is 2.72 bits per heavy atom. The molecular formula is C21H24N2O2. The Morgan fingerprint density at radius 1 is 1.12 bits per heavy atom. The van der Waals surface area contributed by atoms with Crippen LogP contribution in [0.5, 0.6) is 11.5 Å². The minimum atomic E-state index is 0.503. The molecule has 4 nitrogen and oxygen atoms in total. The lowest BCUT2D eigenvalue weighted by atomic mass is 9.99. The van der Waals surface area contributed by atoms with Gasteiger partial charge >= 0.3 is 0 Å². The van der Waals surface area contributed by atoms with Crippen LogP contribution in [0.1, 0.15) is 5.56 Å². The van der Waals surface area contributed by atoms with Crippen molar-refractivity contribution in [2.24, 2.45) is 5.92 Å². The van der Waals surface area contributed by atoms with Crippen molar-refractivity contribution >= 4 is 11.8 Å². The third-order valence-corrected chi connectivity index (χ3v) is 5.12. The maximum absolute atomic E-state index is 5.71. The molecule has 1 atom stereocenters. The van der Waals surface area contributed by atoms with Crippen LogP contribution in [0.25, 0.3) is 11.8 Å². The number of nitrogens with one attached hydrogen (secondary N) is 1. The highest BCUT2D eigenvalue weighted by molar-refractivity contribution is 5.59. The second-order valence-electron chi connectivity index (χ2n) is 6.72. The van der Waals surface area contributed by atoms with E-state index < -0.39 is 0 Å². The van der Waals surface area contributed by atoms with Gasteiger partial charge in [-0.05, 0) is 17.2 Å². The highest BCUT2D eigenvalue weighted by Gasteiger charge is 2.29. The quantitative estimate of drug-likeness (QED) is 0.913. The molecular weight excluding hydrogens is 312 g/mol. The number of hydrogen-bond donors (Lipinski definition) is 1. The van der Waals surface area contributed by atoms with Gasteiger partial charge in [-0.25, -0.2) is 0 Å². The molecule has 130 valence electrons. The first-order valence-electron chi connectivity index (χ1n) is 8.73. The van der Waals surface area contributed by atoms with E-state index in [0.29, 0.717) is 5.92 Å². The molecule has 0 unspecified atom stereocenters. The Morgan fingerprint density at radius 2 is 1.96 bits per heavy atom. The van der Waals surface area contributed by atoms with Gasteiger partial charge in [-0.1, -0.05) is 30.3 Å². The minimum absolute atomic E-state index is 0.503. The van der Waals surface area contributed by atoms with E-state index in [9.17, 15) is 0 Å².